The zero-order valence-corrected chi connectivity index (χ0v) is 20.8. The number of methoxy groups -OCH3 is 1. The van der Waals surface area contributed by atoms with Gasteiger partial charge in [0.2, 0.25) is 5.91 Å². The fourth-order valence-electron chi connectivity index (χ4n) is 6.31. The van der Waals surface area contributed by atoms with Crippen LogP contribution in [0.4, 0.5) is 4.79 Å². The molecular formula is C26H40N2O6. The van der Waals surface area contributed by atoms with Crippen LogP contribution in [0.5, 0.6) is 5.75 Å². The molecule has 0 aliphatic heterocycles. The molecule has 4 N–H and O–H groups in total. The molecule has 3 rings (SSSR count). The number of benzene rings is 1. The molecule has 0 aromatic heterocycles. The summed E-state index contributed by atoms with van der Waals surface area (Å²) in [6.45, 7) is 6.68. The summed E-state index contributed by atoms with van der Waals surface area (Å²) in [6, 6.07) is 7.53. The van der Waals surface area contributed by atoms with Crippen molar-refractivity contribution in [1.29, 1.82) is 0 Å². The number of carbonyl (C=O) groups is 2. The lowest BCUT2D eigenvalue weighted by Crippen LogP contribution is -2.61. The van der Waals surface area contributed by atoms with E-state index in [0.29, 0.717) is 38.8 Å². The van der Waals surface area contributed by atoms with Gasteiger partial charge < -0.3 is 30.3 Å². The van der Waals surface area contributed by atoms with Gasteiger partial charge in [0.25, 0.3) is 0 Å². The Bertz CT molecular complexity index is 846. The van der Waals surface area contributed by atoms with Crippen molar-refractivity contribution in [2.75, 3.05) is 20.3 Å². The zero-order chi connectivity index (χ0) is 24.9. The average molecular weight is 477 g/mol. The van der Waals surface area contributed by atoms with E-state index in [9.17, 15) is 19.8 Å². The summed E-state index contributed by atoms with van der Waals surface area (Å²) in [4.78, 5) is 25.0. The van der Waals surface area contributed by atoms with Crippen molar-refractivity contribution < 1.29 is 29.3 Å². The molecular weight excluding hydrogens is 436 g/mol. The molecule has 190 valence electrons. The van der Waals surface area contributed by atoms with Crippen molar-refractivity contribution in [3.63, 3.8) is 0 Å². The lowest BCUT2D eigenvalue weighted by atomic mass is 9.46. The highest BCUT2D eigenvalue weighted by atomic mass is 16.6. The average Bonchev–Trinajstić information content (AvgIpc) is 2.82. The number of aliphatic hydroxyl groups excluding tert-OH is 2. The number of aliphatic hydroxyl groups is 2. The van der Waals surface area contributed by atoms with Gasteiger partial charge in [-0.1, -0.05) is 26.0 Å². The predicted molar refractivity (Wildman–Crippen MR) is 128 cm³/mol. The Morgan fingerprint density at radius 1 is 1.12 bits per heavy atom. The molecule has 34 heavy (non-hydrogen) atoms. The molecule has 0 spiro atoms. The number of hydrogen-bond acceptors (Lipinski definition) is 6. The van der Waals surface area contributed by atoms with E-state index < -0.39 is 23.7 Å². The first-order valence-corrected chi connectivity index (χ1v) is 12.3. The maximum Gasteiger partial charge on any atom is 0.407 e. The fraction of sp³-hybridized carbons (Fsp3) is 0.692. The van der Waals surface area contributed by atoms with Crippen LogP contribution in [0.3, 0.4) is 0 Å². The lowest BCUT2D eigenvalue weighted by Gasteiger charge is -2.60. The third kappa shape index (κ3) is 5.33. The molecule has 6 atom stereocenters. The standard InChI is InChI=1S/C26H40N2O6/c1-5-27-24(32)34-22-12-13-25(2)19(20(30)10-11-21(25)26(22,3)16-29)14-23(31)28-15-17-6-8-18(33-4)9-7-17/h6-9,19-22,29-30H,5,10-16H2,1-4H3,(H,27,32)(H,28,31)/t19-,20-,21-,22-,25+,26+/m1/s1. The van der Waals surface area contributed by atoms with Gasteiger partial charge in [-0.05, 0) is 67.6 Å². The number of ether oxygens (including phenoxy) is 2. The number of hydrogen-bond donors (Lipinski definition) is 4. The summed E-state index contributed by atoms with van der Waals surface area (Å²) in [5.74, 6) is 0.436. The molecule has 0 saturated heterocycles. The van der Waals surface area contributed by atoms with Gasteiger partial charge in [0.05, 0.1) is 19.8 Å². The minimum atomic E-state index is -0.643. The summed E-state index contributed by atoms with van der Waals surface area (Å²) < 4.78 is 10.9. The van der Waals surface area contributed by atoms with Gasteiger partial charge in [-0.25, -0.2) is 4.79 Å². The van der Waals surface area contributed by atoms with Crippen LogP contribution in [0, 0.1) is 22.7 Å². The first-order chi connectivity index (χ1) is 16.2. The van der Waals surface area contributed by atoms with E-state index in [1.54, 1.807) is 7.11 Å². The summed E-state index contributed by atoms with van der Waals surface area (Å²) in [5.41, 5.74) is -0.0256. The van der Waals surface area contributed by atoms with Gasteiger partial charge in [0.15, 0.2) is 0 Å². The Kier molecular flexibility index (Phi) is 8.47. The van der Waals surface area contributed by atoms with Crippen LogP contribution in [-0.2, 0) is 16.1 Å². The van der Waals surface area contributed by atoms with E-state index >= 15 is 0 Å². The summed E-state index contributed by atoms with van der Waals surface area (Å²) in [6.07, 6.45) is 1.31. The highest BCUT2D eigenvalue weighted by Crippen LogP contribution is 2.61. The van der Waals surface area contributed by atoms with Gasteiger partial charge in [-0.3, -0.25) is 4.79 Å². The molecule has 8 nitrogen and oxygen atoms in total. The predicted octanol–water partition coefficient (Wildman–Crippen LogP) is 3.00. The van der Waals surface area contributed by atoms with Crippen LogP contribution in [0.25, 0.3) is 0 Å². The second kappa shape index (κ2) is 11.0. The van der Waals surface area contributed by atoms with Crippen molar-refractivity contribution in [1.82, 2.24) is 10.6 Å². The molecule has 8 heteroatoms. The van der Waals surface area contributed by atoms with E-state index in [0.717, 1.165) is 11.3 Å². The molecule has 2 aliphatic rings. The first kappa shape index (κ1) is 26.3. The lowest BCUT2D eigenvalue weighted by molar-refractivity contribution is -0.185. The van der Waals surface area contributed by atoms with Crippen LogP contribution >= 0.6 is 0 Å². The van der Waals surface area contributed by atoms with E-state index in [1.807, 2.05) is 38.1 Å². The first-order valence-electron chi connectivity index (χ1n) is 12.3. The summed E-state index contributed by atoms with van der Waals surface area (Å²) in [5, 5.41) is 27.0. The van der Waals surface area contributed by atoms with Gasteiger partial charge in [0, 0.05) is 24.9 Å². The smallest absolute Gasteiger partial charge is 0.407 e. The summed E-state index contributed by atoms with van der Waals surface area (Å²) >= 11 is 0. The molecule has 1 aromatic rings. The SMILES string of the molecule is CCNC(=O)O[C@@H]1CC[C@]2(C)[C@@H](CC[C@@H](O)[C@H]2CC(=O)NCc2ccc(OC)cc2)[C@]1(C)CO. The number of amides is 2. The van der Waals surface area contributed by atoms with Crippen LogP contribution in [0.1, 0.15) is 58.4 Å². The largest absolute Gasteiger partial charge is 0.497 e. The van der Waals surface area contributed by atoms with Gasteiger partial charge in [-0.2, -0.15) is 0 Å². The summed E-state index contributed by atoms with van der Waals surface area (Å²) in [7, 11) is 1.61. The molecule has 0 unspecified atom stereocenters. The highest BCUT2D eigenvalue weighted by Gasteiger charge is 2.60. The van der Waals surface area contributed by atoms with Gasteiger partial charge in [-0.15, -0.1) is 0 Å². The van der Waals surface area contributed by atoms with Gasteiger partial charge in [0.1, 0.15) is 11.9 Å². The Morgan fingerprint density at radius 2 is 1.82 bits per heavy atom. The number of rotatable bonds is 8. The van der Waals surface area contributed by atoms with Crippen molar-refractivity contribution in [2.24, 2.45) is 22.7 Å². The minimum absolute atomic E-state index is 0.0148. The van der Waals surface area contributed by atoms with E-state index in [1.165, 1.54) is 0 Å². The van der Waals surface area contributed by atoms with Crippen molar-refractivity contribution in [2.45, 2.75) is 71.6 Å². The Balaban J connectivity index is 1.71. The maximum absolute atomic E-state index is 12.9. The quantitative estimate of drug-likeness (QED) is 0.458. The molecule has 2 saturated carbocycles. The molecule has 2 fully saturated rings. The topological polar surface area (TPSA) is 117 Å². The molecule has 0 radical (unpaired) electrons. The number of fused-ring (bicyclic) bond motifs is 1. The van der Waals surface area contributed by atoms with E-state index in [-0.39, 0.29) is 36.2 Å². The molecule has 1 aromatic carbocycles. The van der Waals surface area contributed by atoms with Crippen LogP contribution in [0.2, 0.25) is 0 Å². The highest BCUT2D eigenvalue weighted by molar-refractivity contribution is 5.76. The van der Waals surface area contributed by atoms with Crippen molar-refractivity contribution in [3.05, 3.63) is 29.8 Å². The van der Waals surface area contributed by atoms with Crippen molar-refractivity contribution >= 4 is 12.0 Å². The Labute approximate surface area is 202 Å². The maximum atomic E-state index is 12.9. The Hall–Kier alpha value is -2.32. The van der Waals surface area contributed by atoms with Crippen LogP contribution in [-0.4, -0.2) is 54.7 Å². The van der Waals surface area contributed by atoms with Crippen molar-refractivity contribution in [3.8, 4) is 5.75 Å². The monoisotopic (exact) mass is 476 g/mol. The fourth-order valence-corrected chi connectivity index (χ4v) is 6.31. The minimum Gasteiger partial charge on any atom is -0.497 e. The second-order valence-corrected chi connectivity index (χ2v) is 10.3. The zero-order valence-electron chi connectivity index (χ0n) is 20.8. The molecule has 0 bridgehead atoms. The van der Waals surface area contributed by atoms with E-state index in [4.69, 9.17) is 9.47 Å². The second-order valence-electron chi connectivity index (χ2n) is 10.3. The number of alkyl carbamates (subject to hydrolysis) is 1. The normalized spacial score (nSPS) is 32.9. The van der Waals surface area contributed by atoms with Gasteiger partial charge >= 0.3 is 6.09 Å². The third-order valence-electron chi connectivity index (χ3n) is 8.30. The Morgan fingerprint density at radius 3 is 2.44 bits per heavy atom. The van der Waals surface area contributed by atoms with Crippen LogP contribution < -0.4 is 15.4 Å². The number of nitrogens with one attached hydrogen (secondary N) is 2. The van der Waals surface area contributed by atoms with E-state index in [2.05, 4.69) is 17.6 Å². The molecule has 0 heterocycles. The third-order valence-corrected chi connectivity index (χ3v) is 8.30. The number of carbonyl (C=O) groups excluding carboxylic acids is 2. The molecule has 2 amide bonds. The van der Waals surface area contributed by atoms with Crippen LogP contribution in [0.15, 0.2) is 24.3 Å². The molecule has 2 aliphatic carbocycles.